The van der Waals surface area contributed by atoms with Gasteiger partial charge in [0, 0.05) is 23.8 Å². The third-order valence-electron chi connectivity index (χ3n) is 5.88. The van der Waals surface area contributed by atoms with Crippen molar-refractivity contribution in [1.82, 2.24) is 14.9 Å². The Kier molecular flexibility index (Phi) is 4.94. The number of aromatic nitrogens is 2. The van der Waals surface area contributed by atoms with Crippen molar-refractivity contribution >= 4 is 16.7 Å². The highest BCUT2D eigenvalue weighted by atomic mass is 19.1. The molecule has 2 aromatic heterocycles. The molecule has 31 heavy (non-hydrogen) atoms. The summed E-state index contributed by atoms with van der Waals surface area (Å²) < 4.78 is 13.4. The van der Waals surface area contributed by atoms with E-state index in [1.165, 1.54) is 12.1 Å². The summed E-state index contributed by atoms with van der Waals surface area (Å²) in [6.45, 7) is 2.62. The monoisotopic (exact) mass is 411 g/mol. The van der Waals surface area contributed by atoms with Gasteiger partial charge in [-0.15, -0.1) is 0 Å². The number of amides is 1. The van der Waals surface area contributed by atoms with Gasteiger partial charge in [-0.25, -0.2) is 4.39 Å². The fourth-order valence-electron chi connectivity index (χ4n) is 4.42. The summed E-state index contributed by atoms with van der Waals surface area (Å²) in [5.74, 6) is -0.323. The average molecular weight is 411 g/mol. The molecule has 0 unspecified atom stereocenters. The van der Waals surface area contributed by atoms with E-state index in [1.54, 1.807) is 18.3 Å². The van der Waals surface area contributed by atoms with E-state index in [0.29, 0.717) is 12.2 Å². The van der Waals surface area contributed by atoms with Crippen LogP contribution in [0.1, 0.15) is 40.8 Å². The number of hydrogen-bond acceptors (Lipinski definition) is 3. The van der Waals surface area contributed by atoms with Gasteiger partial charge >= 0.3 is 0 Å². The van der Waals surface area contributed by atoms with E-state index in [9.17, 15) is 9.18 Å². The molecule has 1 fully saturated rings. The summed E-state index contributed by atoms with van der Waals surface area (Å²) in [6, 6.07) is 20.1. The maximum Gasteiger partial charge on any atom is 0.273 e. The van der Waals surface area contributed by atoms with E-state index in [2.05, 4.69) is 4.98 Å². The highest BCUT2D eigenvalue weighted by Gasteiger charge is 2.33. The Labute approximate surface area is 180 Å². The van der Waals surface area contributed by atoms with Gasteiger partial charge in [0.2, 0.25) is 0 Å². The second kappa shape index (κ2) is 7.91. The minimum atomic E-state index is -0.259. The third kappa shape index (κ3) is 3.67. The molecule has 0 bridgehead atoms. The van der Waals surface area contributed by atoms with Crippen LogP contribution < -0.4 is 0 Å². The van der Waals surface area contributed by atoms with Crippen LogP contribution in [0, 0.1) is 12.7 Å². The first-order valence-corrected chi connectivity index (χ1v) is 10.5. The minimum Gasteiger partial charge on any atom is -0.329 e. The summed E-state index contributed by atoms with van der Waals surface area (Å²) in [5, 5.41) is 1.87. The Bertz CT molecular complexity index is 1260. The molecule has 0 aliphatic carbocycles. The maximum absolute atomic E-state index is 13.5. The molecule has 4 aromatic rings. The number of benzene rings is 2. The molecule has 2 aromatic carbocycles. The van der Waals surface area contributed by atoms with Crippen molar-refractivity contribution in [2.75, 3.05) is 6.54 Å². The maximum atomic E-state index is 13.5. The lowest BCUT2D eigenvalue weighted by Crippen LogP contribution is -2.31. The van der Waals surface area contributed by atoms with Crippen molar-refractivity contribution in [3.05, 3.63) is 95.8 Å². The third-order valence-corrected chi connectivity index (χ3v) is 5.88. The van der Waals surface area contributed by atoms with Crippen LogP contribution in [0.3, 0.4) is 0 Å². The van der Waals surface area contributed by atoms with Gasteiger partial charge in [-0.1, -0.05) is 36.4 Å². The van der Waals surface area contributed by atoms with Gasteiger partial charge in [0.1, 0.15) is 11.5 Å². The highest BCUT2D eigenvalue weighted by Crippen LogP contribution is 2.35. The van der Waals surface area contributed by atoms with E-state index in [0.717, 1.165) is 46.1 Å². The Morgan fingerprint density at radius 2 is 1.84 bits per heavy atom. The zero-order valence-electron chi connectivity index (χ0n) is 17.3. The highest BCUT2D eigenvalue weighted by molar-refractivity contribution is 6.05. The summed E-state index contributed by atoms with van der Waals surface area (Å²) in [6.07, 6.45) is 3.47. The Morgan fingerprint density at radius 3 is 2.68 bits per heavy atom. The van der Waals surface area contributed by atoms with Crippen LogP contribution in [0.25, 0.3) is 21.9 Å². The number of rotatable bonds is 3. The standard InChI is InChI=1S/C26H22FN3O/c1-17-15-20(18-8-10-21(27)11-9-18)16-23(29-17)24-7-4-14-30(24)26(31)25-22-6-3-2-5-19(22)12-13-28-25/h2-3,5-6,8-13,15-16,24H,4,7,14H2,1H3/t24-/m1/s1. The zero-order valence-corrected chi connectivity index (χ0v) is 17.3. The lowest BCUT2D eigenvalue weighted by molar-refractivity contribution is 0.0729. The molecule has 154 valence electrons. The number of aryl methyl sites for hydroxylation is 1. The molecular weight excluding hydrogens is 389 g/mol. The van der Waals surface area contributed by atoms with Crippen molar-refractivity contribution in [2.24, 2.45) is 0 Å². The van der Waals surface area contributed by atoms with Gasteiger partial charge < -0.3 is 4.90 Å². The molecule has 5 rings (SSSR count). The number of pyridine rings is 2. The lowest BCUT2D eigenvalue weighted by Gasteiger charge is -2.25. The average Bonchev–Trinajstić information content (AvgIpc) is 3.28. The number of carbonyl (C=O) groups excluding carboxylic acids is 1. The van der Waals surface area contributed by atoms with Crippen LogP contribution in [0.15, 0.2) is 72.9 Å². The van der Waals surface area contributed by atoms with Crippen LogP contribution in [0.4, 0.5) is 4.39 Å². The first-order chi connectivity index (χ1) is 15.1. The molecular formula is C26H22FN3O. The number of hydrogen-bond donors (Lipinski definition) is 0. The zero-order chi connectivity index (χ0) is 21.4. The first-order valence-electron chi connectivity index (χ1n) is 10.5. The van der Waals surface area contributed by atoms with E-state index >= 15 is 0 Å². The van der Waals surface area contributed by atoms with E-state index < -0.39 is 0 Å². The number of likely N-dealkylation sites (tertiary alicyclic amines) is 1. The summed E-state index contributed by atoms with van der Waals surface area (Å²) in [5.41, 5.74) is 4.13. The summed E-state index contributed by atoms with van der Waals surface area (Å²) in [7, 11) is 0. The van der Waals surface area contributed by atoms with E-state index in [-0.39, 0.29) is 17.8 Å². The van der Waals surface area contributed by atoms with Gasteiger partial charge in [0.25, 0.3) is 5.91 Å². The summed E-state index contributed by atoms with van der Waals surface area (Å²) >= 11 is 0. The number of fused-ring (bicyclic) bond motifs is 1. The Morgan fingerprint density at radius 1 is 1.03 bits per heavy atom. The van der Waals surface area contributed by atoms with Crippen LogP contribution in [0.5, 0.6) is 0 Å². The normalized spacial score (nSPS) is 16.1. The lowest BCUT2D eigenvalue weighted by atomic mass is 10.0. The van der Waals surface area contributed by atoms with Crippen molar-refractivity contribution in [3.63, 3.8) is 0 Å². The first kappa shape index (κ1) is 19.4. The smallest absolute Gasteiger partial charge is 0.273 e. The van der Waals surface area contributed by atoms with Crippen molar-refractivity contribution in [1.29, 1.82) is 0 Å². The SMILES string of the molecule is Cc1cc(-c2ccc(F)cc2)cc([C@H]2CCCN2C(=O)c2nccc3ccccc23)n1. The number of halogens is 1. The molecule has 1 amide bonds. The topological polar surface area (TPSA) is 46.1 Å². The van der Waals surface area contributed by atoms with Crippen molar-refractivity contribution in [2.45, 2.75) is 25.8 Å². The molecule has 5 heteroatoms. The van der Waals surface area contributed by atoms with Crippen LogP contribution in [-0.2, 0) is 0 Å². The van der Waals surface area contributed by atoms with Crippen LogP contribution in [-0.4, -0.2) is 27.3 Å². The summed E-state index contributed by atoms with van der Waals surface area (Å²) in [4.78, 5) is 24.6. The Balaban J connectivity index is 1.52. The molecule has 4 nitrogen and oxygen atoms in total. The predicted octanol–water partition coefficient (Wildman–Crippen LogP) is 5.72. The molecule has 1 aliphatic rings. The second-order valence-corrected chi connectivity index (χ2v) is 7.97. The molecule has 0 N–H and O–H groups in total. The van der Waals surface area contributed by atoms with Gasteiger partial charge in [0.15, 0.2) is 0 Å². The van der Waals surface area contributed by atoms with Crippen LogP contribution in [0.2, 0.25) is 0 Å². The molecule has 0 saturated carbocycles. The van der Waals surface area contributed by atoms with Gasteiger partial charge in [0.05, 0.1) is 11.7 Å². The quantitative estimate of drug-likeness (QED) is 0.433. The largest absolute Gasteiger partial charge is 0.329 e. The Hall–Kier alpha value is -3.60. The number of carbonyl (C=O) groups is 1. The molecule has 1 atom stereocenters. The molecule has 1 saturated heterocycles. The molecule has 0 radical (unpaired) electrons. The fourth-order valence-corrected chi connectivity index (χ4v) is 4.42. The van der Waals surface area contributed by atoms with Gasteiger partial charge in [-0.2, -0.15) is 0 Å². The molecule has 3 heterocycles. The van der Waals surface area contributed by atoms with E-state index in [4.69, 9.17) is 4.98 Å². The minimum absolute atomic E-state index is 0.0639. The van der Waals surface area contributed by atoms with Crippen LogP contribution >= 0.6 is 0 Å². The number of nitrogens with zero attached hydrogens (tertiary/aromatic N) is 3. The van der Waals surface area contributed by atoms with Gasteiger partial charge in [-0.3, -0.25) is 14.8 Å². The van der Waals surface area contributed by atoms with Crippen molar-refractivity contribution < 1.29 is 9.18 Å². The second-order valence-electron chi connectivity index (χ2n) is 7.97. The van der Waals surface area contributed by atoms with E-state index in [1.807, 2.05) is 54.3 Å². The fraction of sp³-hybridized carbons (Fsp3) is 0.192. The van der Waals surface area contributed by atoms with Gasteiger partial charge in [-0.05, 0) is 66.6 Å². The van der Waals surface area contributed by atoms with Crippen molar-refractivity contribution in [3.8, 4) is 11.1 Å². The molecule has 1 aliphatic heterocycles. The predicted molar refractivity (Wildman–Crippen MR) is 119 cm³/mol. The molecule has 0 spiro atoms.